The number of hydrogen-bond donors (Lipinski definition) is 1. The number of nitrogens with one attached hydrogen (secondary N) is 1. The molecule has 0 spiro atoms. The number of piperidine rings is 1. The van der Waals surface area contributed by atoms with E-state index in [9.17, 15) is 9.59 Å². The molecule has 0 radical (unpaired) electrons. The lowest BCUT2D eigenvalue weighted by atomic mass is 10.0. The van der Waals surface area contributed by atoms with Crippen LogP contribution in [-0.2, 0) is 9.53 Å². The molecule has 1 atom stereocenters. The third kappa shape index (κ3) is 6.07. The van der Waals surface area contributed by atoms with E-state index in [1.807, 2.05) is 4.90 Å². The highest BCUT2D eigenvalue weighted by molar-refractivity contribution is 5.81. The third-order valence-electron chi connectivity index (χ3n) is 5.84. The highest BCUT2D eigenvalue weighted by Gasteiger charge is 2.38. The van der Waals surface area contributed by atoms with Crippen molar-refractivity contribution >= 4 is 11.9 Å². The first-order chi connectivity index (χ1) is 13.2. The molecule has 0 aromatic rings. The van der Waals surface area contributed by atoms with Crippen LogP contribution in [0.25, 0.3) is 0 Å². The SMILES string of the molecule is CCCNC(=O)N1CCCC(N(CCCN2CCOCC2)C(=O)C2CC2)C1. The van der Waals surface area contributed by atoms with E-state index in [2.05, 4.69) is 22.0 Å². The van der Waals surface area contributed by atoms with E-state index in [1.54, 1.807) is 0 Å². The molecule has 3 aliphatic rings. The Morgan fingerprint density at radius 1 is 1.15 bits per heavy atom. The van der Waals surface area contributed by atoms with Crippen molar-refractivity contribution in [3.63, 3.8) is 0 Å². The van der Waals surface area contributed by atoms with Gasteiger partial charge in [0.15, 0.2) is 0 Å². The maximum absolute atomic E-state index is 12.9. The molecule has 7 nitrogen and oxygen atoms in total. The van der Waals surface area contributed by atoms with E-state index in [-0.39, 0.29) is 18.0 Å². The van der Waals surface area contributed by atoms with Crippen molar-refractivity contribution in [3.8, 4) is 0 Å². The van der Waals surface area contributed by atoms with E-state index in [1.165, 1.54) is 0 Å². The first kappa shape index (κ1) is 20.4. The van der Waals surface area contributed by atoms with Crippen LogP contribution in [0, 0.1) is 5.92 Å². The Morgan fingerprint density at radius 3 is 2.63 bits per heavy atom. The number of nitrogens with zero attached hydrogens (tertiary/aromatic N) is 3. The van der Waals surface area contributed by atoms with Crippen LogP contribution in [-0.4, -0.2) is 91.7 Å². The normalized spacial score (nSPS) is 23.9. The highest BCUT2D eigenvalue weighted by atomic mass is 16.5. The number of amides is 3. The Balaban J connectivity index is 1.53. The standard InChI is InChI=1S/C20H36N4O3/c1-2-8-21-20(26)23-10-3-5-18(16-23)24(19(25)17-6-7-17)11-4-9-22-12-14-27-15-13-22/h17-18H,2-16H2,1H3,(H,21,26). The number of likely N-dealkylation sites (tertiary alicyclic amines) is 1. The lowest BCUT2D eigenvalue weighted by Crippen LogP contribution is -2.54. The maximum atomic E-state index is 12.9. The van der Waals surface area contributed by atoms with Gasteiger partial charge in [-0.05, 0) is 38.5 Å². The van der Waals surface area contributed by atoms with Crippen LogP contribution < -0.4 is 5.32 Å². The molecule has 3 fully saturated rings. The number of ether oxygens (including phenoxy) is 1. The molecule has 3 rings (SSSR count). The summed E-state index contributed by atoms with van der Waals surface area (Å²) in [5, 5.41) is 2.98. The molecule has 3 amide bonds. The minimum Gasteiger partial charge on any atom is -0.379 e. The van der Waals surface area contributed by atoms with Crippen LogP contribution in [0.3, 0.4) is 0 Å². The predicted molar refractivity (Wildman–Crippen MR) is 105 cm³/mol. The zero-order valence-corrected chi connectivity index (χ0v) is 16.8. The zero-order valence-electron chi connectivity index (χ0n) is 16.8. The molecule has 1 saturated carbocycles. The molecule has 154 valence electrons. The van der Waals surface area contributed by atoms with Crippen LogP contribution in [0.4, 0.5) is 4.79 Å². The Hall–Kier alpha value is -1.34. The molecule has 0 aromatic heterocycles. The fourth-order valence-electron chi connectivity index (χ4n) is 4.06. The van der Waals surface area contributed by atoms with Gasteiger partial charge >= 0.3 is 6.03 Å². The van der Waals surface area contributed by atoms with E-state index in [0.29, 0.717) is 19.0 Å². The van der Waals surface area contributed by atoms with Gasteiger partial charge < -0.3 is 19.9 Å². The van der Waals surface area contributed by atoms with E-state index >= 15 is 0 Å². The van der Waals surface area contributed by atoms with Crippen molar-refractivity contribution in [2.45, 2.75) is 51.5 Å². The van der Waals surface area contributed by atoms with Crippen LogP contribution in [0.15, 0.2) is 0 Å². The molecular weight excluding hydrogens is 344 g/mol. The molecule has 1 unspecified atom stereocenters. The van der Waals surface area contributed by atoms with Gasteiger partial charge in [-0.1, -0.05) is 6.92 Å². The quantitative estimate of drug-likeness (QED) is 0.694. The summed E-state index contributed by atoms with van der Waals surface area (Å²) >= 11 is 0. The maximum Gasteiger partial charge on any atom is 0.317 e. The van der Waals surface area contributed by atoms with Crippen LogP contribution in [0.1, 0.15) is 45.4 Å². The van der Waals surface area contributed by atoms with Gasteiger partial charge in [0, 0.05) is 57.8 Å². The van der Waals surface area contributed by atoms with Gasteiger partial charge in [0.05, 0.1) is 13.2 Å². The second-order valence-corrected chi connectivity index (χ2v) is 8.09. The van der Waals surface area contributed by atoms with Crippen LogP contribution in [0.5, 0.6) is 0 Å². The van der Waals surface area contributed by atoms with E-state index in [0.717, 1.165) is 84.5 Å². The number of carbonyl (C=O) groups excluding carboxylic acids is 2. The largest absolute Gasteiger partial charge is 0.379 e. The molecular formula is C20H36N4O3. The van der Waals surface area contributed by atoms with Crippen molar-refractivity contribution in [3.05, 3.63) is 0 Å². The second-order valence-electron chi connectivity index (χ2n) is 8.09. The topological polar surface area (TPSA) is 65.1 Å². The molecule has 0 aromatic carbocycles. The summed E-state index contributed by atoms with van der Waals surface area (Å²) in [5.74, 6) is 0.551. The smallest absolute Gasteiger partial charge is 0.317 e. The Bertz CT molecular complexity index is 492. The monoisotopic (exact) mass is 380 g/mol. The van der Waals surface area contributed by atoms with Crippen molar-refractivity contribution < 1.29 is 14.3 Å². The molecule has 2 aliphatic heterocycles. The molecule has 1 N–H and O–H groups in total. The molecule has 2 saturated heterocycles. The number of carbonyl (C=O) groups is 2. The Labute approximate surface area is 163 Å². The fraction of sp³-hybridized carbons (Fsp3) is 0.900. The van der Waals surface area contributed by atoms with Gasteiger partial charge in [-0.2, -0.15) is 0 Å². The van der Waals surface area contributed by atoms with Crippen molar-refractivity contribution in [1.82, 2.24) is 20.0 Å². The number of morpholine rings is 1. The van der Waals surface area contributed by atoms with Crippen molar-refractivity contribution in [1.29, 1.82) is 0 Å². The summed E-state index contributed by atoms with van der Waals surface area (Å²) in [4.78, 5) is 31.7. The lowest BCUT2D eigenvalue weighted by molar-refractivity contribution is -0.136. The molecule has 0 bridgehead atoms. The summed E-state index contributed by atoms with van der Waals surface area (Å²) in [6.07, 6.45) is 5.99. The zero-order chi connectivity index (χ0) is 19.1. The fourth-order valence-corrected chi connectivity index (χ4v) is 4.06. The number of urea groups is 1. The number of hydrogen-bond acceptors (Lipinski definition) is 4. The third-order valence-corrected chi connectivity index (χ3v) is 5.84. The number of rotatable bonds is 8. The van der Waals surface area contributed by atoms with Gasteiger partial charge in [0.1, 0.15) is 0 Å². The minimum absolute atomic E-state index is 0.0219. The summed E-state index contributed by atoms with van der Waals surface area (Å²) in [6, 6.07) is 0.192. The van der Waals surface area contributed by atoms with Gasteiger partial charge in [0.2, 0.25) is 5.91 Å². The van der Waals surface area contributed by atoms with Crippen LogP contribution >= 0.6 is 0 Å². The van der Waals surface area contributed by atoms with Gasteiger partial charge in [-0.3, -0.25) is 9.69 Å². The van der Waals surface area contributed by atoms with Crippen LogP contribution in [0.2, 0.25) is 0 Å². The second kappa shape index (κ2) is 10.3. The highest BCUT2D eigenvalue weighted by Crippen LogP contribution is 2.32. The summed E-state index contributed by atoms with van der Waals surface area (Å²) in [7, 11) is 0. The minimum atomic E-state index is 0.0219. The van der Waals surface area contributed by atoms with Gasteiger partial charge in [0.25, 0.3) is 0 Å². The average Bonchev–Trinajstić information content (AvgIpc) is 3.55. The summed E-state index contributed by atoms with van der Waals surface area (Å²) in [5.41, 5.74) is 0. The predicted octanol–water partition coefficient (Wildman–Crippen LogP) is 1.53. The van der Waals surface area contributed by atoms with Crippen molar-refractivity contribution in [2.75, 3.05) is 59.0 Å². The first-order valence-electron chi connectivity index (χ1n) is 10.8. The van der Waals surface area contributed by atoms with Crippen molar-refractivity contribution in [2.24, 2.45) is 5.92 Å². The van der Waals surface area contributed by atoms with Gasteiger partial charge in [-0.15, -0.1) is 0 Å². The average molecular weight is 381 g/mol. The molecule has 1 aliphatic carbocycles. The summed E-state index contributed by atoms with van der Waals surface area (Å²) < 4.78 is 5.41. The van der Waals surface area contributed by atoms with E-state index < -0.39 is 0 Å². The Morgan fingerprint density at radius 2 is 1.93 bits per heavy atom. The Kier molecular flexibility index (Phi) is 7.76. The molecule has 7 heteroatoms. The lowest BCUT2D eigenvalue weighted by Gasteiger charge is -2.40. The first-order valence-corrected chi connectivity index (χ1v) is 10.8. The molecule has 27 heavy (non-hydrogen) atoms. The van der Waals surface area contributed by atoms with E-state index in [4.69, 9.17) is 4.74 Å². The molecule has 2 heterocycles. The van der Waals surface area contributed by atoms with Gasteiger partial charge in [-0.25, -0.2) is 4.79 Å². The summed E-state index contributed by atoms with van der Waals surface area (Å²) in [6.45, 7) is 9.68.